The minimum absolute atomic E-state index is 0.344. The van der Waals surface area contributed by atoms with Crippen LogP contribution < -0.4 is 5.32 Å². The van der Waals surface area contributed by atoms with Gasteiger partial charge in [0.2, 0.25) is 6.41 Å². The molecule has 0 saturated heterocycles. The smallest absolute Gasteiger partial charge is 0.377 e. The lowest BCUT2D eigenvalue weighted by Crippen LogP contribution is -2.43. The number of hydrogen-bond donors (Lipinski definition) is 1. The van der Waals surface area contributed by atoms with E-state index in [0.29, 0.717) is 13.2 Å². The van der Waals surface area contributed by atoms with Gasteiger partial charge in [0.15, 0.2) is 0 Å². The standard InChI is InChI=1S/C11H27NO5Si/c1-6-16-11(17-7-2)12-9-8-10-18(13-3,14-4)15-5/h11-12H,6-10H2,1-5H3. The summed E-state index contributed by atoms with van der Waals surface area (Å²) < 4.78 is 26.8. The lowest BCUT2D eigenvalue weighted by atomic mass is 10.5. The van der Waals surface area contributed by atoms with Crippen molar-refractivity contribution >= 4 is 8.80 Å². The van der Waals surface area contributed by atoms with E-state index in [4.69, 9.17) is 22.8 Å². The first kappa shape index (κ1) is 18.0. The van der Waals surface area contributed by atoms with Gasteiger partial charge in [-0.3, -0.25) is 5.32 Å². The summed E-state index contributed by atoms with van der Waals surface area (Å²) in [6, 6.07) is 0.758. The molecule has 18 heavy (non-hydrogen) atoms. The summed E-state index contributed by atoms with van der Waals surface area (Å²) in [5, 5.41) is 3.18. The molecule has 0 saturated carbocycles. The average molecular weight is 281 g/mol. The van der Waals surface area contributed by atoms with Crippen molar-refractivity contribution in [3.8, 4) is 0 Å². The van der Waals surface area contributed by atoms with Crippen molar-refractivity contribution in [2.24, 2.45) is 0 Å². The number of hydrogen-bond acceptors (Lipinski definition) is 6. The molecule has 110 valence electrons. The van der Waals surface area contributed by atoms with Crippen LogP contribution in [0.25, 0.3) is 0 Å². The Morgan fingerprint density at radius 1 is 0.944 bits per heavy atom. The normalized spacial score (nSPS) is 12.3. The van der Waals surface area contributed by atoms with Crippen molar-refractivity contribution in [1.82, 2.24) is 5.32 Å². The second kappa shape index (κ2) is 10.9. The quantitative estimate of drug-likeness (QED) is 0.329. The van der Waals surface area contributed by atoms with E-state index < -0.39 is 8.80 Å². The third kappa shape index (κ3) is 6.79. The molecular weight excluding hydrogens is 254 g/mol. The Balaban J connectivity index is 3.87. The monoisotopic (exact) mass is 281 g/mol. The van der Waals surface area contributed by atoms with Crippen LogP contribution in [0.1, 0.15) is 20.3 Å². The molecule has 1 N–H and O–H groups in total. The second-order valence-electron chi connectivity index (χ2n) is 3.60. The summed E-state index contributed by atoms with van der Waals surface area (Å²) in [6.45, 7) is 5.86. The molecule has 0 spiro atoms. The van der Waals surface area contributed by atoms with Gasteiger partial charge in [-0.1, -0.05) is 0 Å². The van der Waals surface area contributed by atoms with Crippen molar-refractivity contribution in [3.05, 3.63) is 0 Å². The summed E-state index contributed by atoms with van der Waals surface area (Å²) in [5.74, 6) is 0. The molecule has 0 heterocycles. The highest BCUT2D eigenvalue weighted by Gasteiger charge is 2.36. The van der Waals surface area contributed by atoms with Gasteiger partial charge in [0.25, 0.3) is 0 Å². The Hall–Kier alpha value is -0.0231. The van der Waals surface area contributed by atoms with Gasteiger partial charge in [-0.15, -0.1) is 0 Å². The molecule has 0 aromatic rings. The van der Waals surface area contributed by atoms with E-state index in [1.807, 2.05) is 13.8 Å². The Morgan fingerprint density at radius 2 is 1.44 bits per heavy atom. The molecule has 0 radical (unpaired) electrons. The fourth-order valence-electron chi connectivity index (χ4n) is 1.55. The molecule has 6 nitrogen and oxygen atoms in total. The predicted molar refractivity (Wildman–Crippen MR) is 71.2 cm³/mol. The SMILES string of the molecule is CCOC(NCCC[Si](OC)(OC)OC)OCC. The first-order chi connectivity index (χ1) is 8.67. The fourth-order valence-corrected chi connectivity index (χ4v) is 3.27. The van der Waals surface area contributed by atoms with Gasteiger partial charge in [-0.25, -0.2) is 0 Å². The lowest BCUT2D eigenvalue weighted by molar-refractivity contribution is -0.154. The molecule has 0 aromatic carbocycles. The largest absolute Gasteiger partial charge is 0.500 e. The number of rotatable bonds is 12. The van der Waals surface area contributed by atoms with Crippen LogP contribution in [0.3, 0.4) is 0 Å². The first-order valence-electron chi connectivity index (χ1n) is 6.30. The Morgan fingerprint density at radius 3 is 1.83 bits per heavy atom. The maximum atomic E-state index is 5.38. The second-order valence-corrected chi connectivity index (χ2v) is 6.69. The van der Waals surface area contributed by atoms with Crippen LogP contribution in [0.5, 0.6) is 0 Å². The molecule has 0 bridgehead atoms. The third-order valence-corrected chi connectivity index (χ3v) is 5.37. The van der Waals surface area contributed by atoms with Gasteiger partial charge in [0, 0.05) is 40.6 Å². The van der Waals surface area contributed by atoms with Crippen molar-refractivity contribution in [2.45, 2.75) is 32.7 Å². The summed E-state index contributed by atoms with van der Waals surface area (Å²) in [5.41, 5.74) is 0. The molecule has 0 unspecified atom stereocenters. The predicted octanol–water partition coefficient (Wildman–Crippen LogP) is 1.20. The van der Waals surface area contributed by atoms with Crippen molar-refractivity contribution in [3.63, 3.8) is 0 Å². The topological polar surface area (TPSA) is 58.2 Å². The minimum Gasteiger partial charge on any atom is -0.377 e. The van der Waals surface area contributed by atoms with E-state index in [2.05, 4.69) is 5.32 Å². The van der Waals surface area contributed by atoms with Crippen molar-refractivity contribution in [2.75, 3.05) is 41.1 Å². The van der Waals surface area contributed by atoms with E-state index >= 15 is 0 Å². The van der Waals surface area contributed by atoms with Crippen LogP contribution in [-0.2, 0) is 22.8 Å². The lowest BCUT2D eigenvalue weighted by Gasteiger charge is -2.24. The Labute approximate surface area is 111 Å². The molecule has 0 fully saturated rings. The molecule has 0 rings (SSSR count). The number of ether oxygens (including phenoxy) is 2. The zero-order valence-electron chi connectivity index (χ0n) is 12.2. The van der Waals surface area contributed by atoms with E-state index in [1.165, 1.54) is 0 Å². The summed E-state index contributed by atoms with van der Waals surface area (Å²) in [7, 11) is 2.41. The molecule has 0 aliphatic carbocycles. The minimum atomic E-state index is -2.45. The molecule has 0 aliphatic rings. The van der Waals surface area contributed by atoms with Crippen LogP contribution in [0.2, 0.25) is 6.04 Å². The molecular formula is C11H27NO5Si. The molecule has 0 amide bonds. The van der Waals surface area contributed by atoms with Crippen LogP contribution in [0.15, 0.2) is 0 Å². The van der Waals surface area contributed by atoms with Gasteiger partial charge in [0.1, 0.15) is 0 Å². The Bertz CT molecular complexity index is 178. The zero-order valence-corrected chi connectivity index (χ0v) is 13.2. The number of nitrogens with one attached hydrogen (secondary N) is 1. The summed E-state index contributed by atoms with van der Waals surface area (Å²) in [4.78, 5) is 0. The van der Waals surface area contributed by atoms with E-state index in [9.17, 15) is 0 Å². The zero-order chi connectivity index (χ0) is 13.9. The highest BCUT2D eigenvalue weighted by molar-refractivity contribution is 6.60. The van der Waals surface area contributed by atoms with Crippen LogP contribution in [0, 0.1) is 0 Å². The Kier molecular flexibility index (Phi) is 10.8. The summed E-state index contributed by atoms with van der Waals surface area (Å²) >= 11 is 0. The molecule has 0 aliphatic heterocycles. The van der Waals surface area contributed by atoms with Crippen molar-refractivity contribution < 1.29 is 22.8 Å². The highest BCUT2D eigenvalue weighted by atomic mass is 28.4. The average Bonchev–Trinajstić information content (AvgIpc) is 2.40. The van der Waals surface area contributed by atoms with E-state index in [1.54, 1.807) is 21.3 Å². The van der Waals surface area contributed by atoms with Gasteiger partial charge in [-0.05, 0) is 26.8 Å². The van der Waals surface area contributed by atoms with Crippen LogP contribution in [-0.4, -0.2) is 56.3 Å². The third-order valence-electron chi connectivity index (χ3n) is 2.54. The van der Waals surface area contributed by atoms with Gasteiger partial charge >= 0.3 is 8.80 Å². The van der Waals surface area contributed by atoms with E-state index in [-0.39, 0.29) is 6.41 Å². The maximum Gasteiger partial charge on any atom is 0.500 e. The van der Waals surface area contributed by atoms with Gasteiger partial charge < -0.3 is 22.8 Å². The molecule has 0 aromatic heterocycles. The molecule has 7 heteroatoms. The first-order valence-corrected chi connectivity index (χ1v) is 8.23. The van der Waals surface area contributed by atoms with Crippen LogP contribution in [0.4, 0.5) is 0 Å². The highest BCUT2D eigenvalue weighted by Crippen LogP contribution is 2.14. The summed E-state index contributed by atoms with van der Waals surface area (Å²) in [6.07, 6.45) is 0.530. The van der Waals surface area contributed by atoms with E-state index in [0.717, 1.165) is 19.0 Å². The fraction of sp³-hybridized carbons (Fsp3) is 1.00. The van der Waals surface area contributed by atoms with Crippen molar-refractivity contribution in [1.29, 1.82) is 0 Å². The molecule has 0 atom stereocenters. The van der Waals surface area contributed by atoms with Gasteiger partial charge in [-0.2, -0.15) is 0 Å². The van der Waals surface area contributed by atoms with Gasteiger partial charge in [0.05, 0.1) is 0 Å². The van der Waals surface area contributed by atoms with Crippen LogP contribution >= 0.6 is 0 Å². The maximum absolute atomic E-state index is 5.38.